The highest BCUT2D eigenvalue weighted by atomic mass is 28.4. The van der Waals surface area contributed by atoms with Crippen LogP contribution in [-0.2, 0) is 15.8 Å². The number of nitrogens with two attached hydrogens (primary N) is 1. The van der Waals surface area contributed by atoms with Gasteiger partial charge in [0.15, 0.2) is 0 Å². The van der Waals surface area contributed by atoms with E-state index < -0.39 is 8.32 Å². The fourth-order valence-electron chi connectivity index (χ4n) is 3.86. The molecule has 0 aliphatic carbocycles. The molecule has 0 amide bonds. The SMILES string of the molecule is COCCNc1ccc(CO[Si](C(C)C)(C(C)C)C(C)C)cc1N. The minimum absolute atomic E-state index is 0.588. The van der Waals surface area contributed by atoms with Gasteiger partial charge in [0.05, 0.1) is 24.6 Å². The first kappa shape index (κ1) is 21.0. The van der Waals surface area contributed by atoms with Crippen molar-refractivity contribution in [3.05, 3.63) is 23.8 Å². The Morgan fingerprint density at radius 1 is 1.04 bits per heavy atom. The largest absolute Gasteiger partial charge is 0.412 e. The number of nitrogens with one attached hydrogen (secondary N) is 1. The summed E-state index contributed by atoms with van der Waals surface area (Å²) < 4.78 is 11.7. The first-order valence-corrected chi connectivity index (χ1v) is 11.1. The Hall–Kier alpha value is -1.04. The van der Waals surface area contributed by atoms with Crippen LogP contribution in [-0.4, -0.2) is 28.6 Å². The highest BCUT2D eigenvalue weighted by molar-refractivity contribution is 6.77. The summed E-state index contributed by atoms with van der Waals surface area (Å²) in [5, 5.41) is 3.29. The summed E-state index contributed by atoms with van der Waals surface area (Å²) in [6.45, 7) is 15.9. The van der Waals surface area contributed by atoms with Gasteiger partial charge in [-0.05, 0) is 34.3 Å². The van der Waals surface area contributed by atoms with Gasteiger partial charge in [0.1, 0.15) is 0 Å². The topological polar surface area (TPSA) is 56.5 Å². The molecule has 0 aliphatic heterocycles. The molecule has 4 nitrogen and oxygen atoms in total. The quantitative estimate of drug-likeness (QED) is 0.353. The van der Waals surface area contributed by atoms with Crippen LogP contribution in [0.15, 0.2) is 18.2 Å². The van der Waals surface area contributed by atoms with Crippen molar-refractivity contribution in [3.63, 3.8) is 0 Å². The lowest BCUT2D eigenvalue weighted by Gasteiger charge is -2.42. The Morgan fingerprint density at radius 3 is 2.08 bits per heavy atom. The van der Waals surface area contributed by atoms with Gasteiger partial charge in [-0.2, -0.15) is 0 Å². The molecule has 1 aromatic carbocycles. The van der Waals surface area contributed by atoms with Crippen molar-refractivity contribution in [2.45, 2.75) is 64.8 Å². The Balaban J connectivity index is 2.83. The van der Waals surface area contributed by atoms with E-state index in [4.69, 9.17) is 14.9 Å². The molecule has 138 valence electrons. The van der Waals surface area contributed by atoms with E-state index in [2.05, 4.69) is 52.9 Å². The molecule has 0 unspecified atom stereocenters. The fourth-order valence-corrected chi connectivity index (χ4v) is 9.28. The van der Waals surface area contributed by atoms with Crippen LogP contribution in [0.1, 0.15) is 47.1 Å². The number of benzene rings is 1. The Labute approximate surface area is 149 Å². The second kappa shape index (κ2) is 9.44. The van der Waals surface area contributed by atoms with Gasteiger partial charge in [-0.3, -0.25) is 0 Å². The molecule has 0 aromatic heterocycles. The van der Waals surface area contributed by atoms with Crippen molar-refractivity contribution in [1.82, 2.24) is 0 Å². The van der Waals surface area contributed by atoms with Crippen LogP contribution >= 0.6 is 0 Å². The first-order valence-electron chi connectivity index (χ1n) is 9.00. The number of hydrogen-bond donors (Lipinski definition) is 2. The second-order valence-electron chi connectivity index (χ2n) is 7.45. The summed E-state index contributed by atoms with van der Waals surface area (Å²) in [4.78, 5) is 0. The summed E-state index contributed by atoms with van der Waals surface area (Å²) in [6, 6.07) is 6.16. The Kier molecular flexibility index (Phi) is 8.26. The van der Waals surface area contributed by atoms with Crippen LogP contribution in [0.2, 0.25) is 16.6 Å². The zero-order valence-electron chi connectivity index (χ0n) is 16.5. The van der Waals surface area contributed by atoms with Gasteiger partial charge in [-0.25, -0.2) is 0 Å². The lowest BCUT2D eigenvalue weighted by atomic mass is 10.2. The van der Waals surface area contributed by atoms with Crippen LogP contribution in [0.5, 0.6) is 0 Å². The summed E-state index contributed by atoms with van der Waals surface area (Å²) >= 11 is 0. The van der Waals surface area contributed by atoms with E-state index >= 15 is 0 Å². The molecule has 0 heterocycles. The summed E-state index contributed by atoms with van der Waals surface area (Å²) in [7, 11) is -0.146. The summed E-state index contributed by atoms with van der Waals surface area (Å²) in [5.74, 6) is 0. The molecule has 0 radical (unpaired) electrons. The molecule has 0 saturated carbocycles. The zero-order valence-corrected chi connectivity index (χ0v) is 17.5. The predicted molar refractivity (Wildman–Crippen MR) is 107 cm³/mol. The third-order valence-electron chi connectivity index (χ3n) is 4.93. The Morgan fingerprint density at radius 2 is 1.62 bits per heavy atom. The molecular formula is C19H36N2O2Si. The smallest absolute Gasteiger partial charge is 0.200 e. The van der Waals surface area contributed by atoms with E-state index in [0.29, 0.717) is 29.8 Å². The van der Waals surface area contributed by atoms with Gasteiger partial charge < -0.3 is 20.2 Å². The summed E-state index contributed by atoms with van der Waals surface area (Å²) in [6.07, 6.45) is 0. The van der Waals surface area contributed by atoms with Crippen LogP contribution in [0.4, 0.5) is 11.4 Å². The van der Waals surface area contributed by atoms with E-state index in [1.54, 1.807) is 7.11 Å². The molecule has 0 fully saturated rings. The molecule has 1 aromatic rings. The van der Waals surface area contributed by atoms with Crippen molar-refractivity contribution < 1.29 is 9.16 Å². The highest BCUT2D eigenvalue weighted by Crippen LogP contribution is 2.42. The average molecular weight is 353 g/mol. The lowest BCUT2D eigenvalue weighted by molar-refractivity contribution is 0.211. The molecule has 0 bridgehead atoms. The second-order valence-corrected chi connectivity index (χ2v) is 12.9. The van der Waals surface area contributed by atoms with Crippen molar-refractivity contribution in [2.24, 2.45) is 0 Å². The molecule has 0 spiro atoms. The average Bonchev–Trinajstić information content (AvgIpc) is 2.49. The van der Waals surface area contributed by atoms with Crippen molar-refractivity contribution in [1.29, 1.82) is 0 Å². The third-order valence-corrected chi connectivity index (χ3v) is 11.0. The standard InChI is InChI=1S/C19H36N2O2Si/c1-14(2)24(15(3)4,16(5)6)23-13-17-8-9-19(18(20)12-17)21-10-11-22-7/h8-9,12,14-16,21H,10-11,13,20H2,1-7H3. The molecule has 24 heavy (non-hydrogen) atoms. The normalized spacial score (nSPS) is 12.4. The van der Waals surface area contributed by atoms with E-state index in [-0.39, 0.29) is 0 Å². The van der Waals surface area contributed by atoms with E-state index in [9.17, 15) is 0 Å². The van der Waals surface area contributed by atoms with Gasteiger partial charge in [0.2, 0.25) is 8.32 Å². The van der Waals surface area contributed by atoms with E-state index in [1.165, 1.54) is 0 Å². The number of methoxy groups -OCH3 is 1. The minimum Gasteiger partial charge on any atom is -0.412 e. The maximum absolute atomic E-state index is 6.64. The van der Waals surface area contributed by atoms with E-state index in [1.807, 2.05) is 12.1 Å². The van der Waals surface area contributed by atoms with Crippen LogP contribution < -0.4 is 11.1 Å². The van der Waals surface area contributed by atoms with Gasteiger partial charge in [0.25, 0.3) is 0 Å². The number of rotatable bonds is 10. The van der Waals surface area contributed by atoms with Crippen LogP contribution in [0.3, 0.4) is 0 Å². The predicted octanol–water partition coefficient (Wildman–Crippen LogP) is 5.02. The molecule has 3 N–H and O–H groups in total. The van der Waals surface area contributed by atoms with E-state index in [0.717, 1.165) is 23.5 Å². The third kappa shape index (κ3) is 4.98. The molecule has 1 rings (SSSR count). The van der Waals surface area contributed by atoms with Crippen LogP contribution in [0.25, 0.3) is 0 Å². The van der Waals surface area contributed by atoms with Gasteiger partial charge in [-0.1, -0.05) is 47.6 Å². The maximum atomic E-state index is 6.64. The van der Waals surface area contributed by atoms with Crippen LogP contribution in [0, 0.1) is 0 Å². The van der Waals surface area contributed by atoms with Gasteiger partial charge in [-0.15, -0.1) is 0 Å². The fraction of sp³-hybridized carbons (Fsp3) is 0.684. The lowest BCUT2D eigenvalue weighted by Crippen LogP contribution is -2.47. The first-order chi connectivity index (χ1) is 11.3. The number of nitrogen functional groups attached to an aromatic ring is 1. The van der Waals surface area contributed by atoms with Crippen molar-refractivity contribution >= 4 is 19.7 Å². The molecule has 5 heteroatoms. The maximum Gasteiger partial charge on any atom is 0.200 e. The molecule has 0 aliphatic rings. The number of anilines is 2. The van der Waals surface area contributed by atoms with Gasteiger partial charge in [0, 0.05) is 13.7 Å². The zero-order chi connectivity index (χ0) is 18.3. The van der Waals surface area contributed by atoms with Gasteiger partial charge >= 0.3 is 0 Å². The summed E-state index contributed by atoms with van der Waals surface area (Å²) in [5.41, 5.74) is 10.8. The minimum atomic E-state index is -1.84. The number of hydrogen-bond acceptors (Lipinski definition) is 4. The Bertz CT molecular complexity index is 482. The molecular weight excluding hydrogens is 316 g/mol. The van der Waals surface area contributed by atoms with Crippen molar-refractivity contribution in [2.75, 3.05) is 31.3 Å². The molecule has 0 atom stereocenters. The molecule has 0 saturated heterocycles. The highest BCUT2D eigenvalue weighted by Gasteiger charge is 2.44. The number of ether oxygens (including phenoxy) is 1. The van der Waals surface area contributed by atoms with Crippen molar-refractivity contribution in [3.8, 4) is 0 Å². The monoisotopic (exact) mass is 352 g/mol.